The molecule has 34 heavy (non-hydrogen) atoms. The first-order chi connectivity index (χ1) is 16.2. The Kier molecular flexibility index (Phi) is 6.88. The molecule has 0 aromatic heterocycles. The van der Waals surface area contributed by atoms with E-state index in [0.29, 0.717) is 29.4 Å². The fourth-order valence-electron chi connectivity index (χ4n) is 4.34. The third-order valence-electron chi connectivity index (χ3n) is 6.43. The molecular formula is C24H27ClN2O7. The molecule has 1 fully saturated rings. The Labute approximate surface area is 202 Å². The molecule has 0 radical (unpaired) electrons. The summed E-state index contributed by atoms with van der Waals surface area (Å²) in [7, 11) is 1.59. The molecule has 0 spiro atoms. The van der Waals surface area contributed by atoms with E-state index in [1.165, 1.54) is 0 Å². The molecule has 0 aliphatic carbocycles. The summed E-state index contributed by atoms with van der Waals surface area (Å²) >= 11 is 6.51. The van der Waals surface area contributed by atoms with E-state index in [9.17, 15) is 19.8 Å². The van der Waals surface area contributed by atoms with Crippen LogP contribution in [0.4, 0.5) is 10.5 Å². The molecule has 2 aliphatic heterocycles. The second-order valence-electron chi connectivity index (χ2n) is 8.59. The van der Waals surface area contributed by atoms with Crippen LogP contribution in [0.3, 0.4) is 0 Å². The fourth-order valence-corrected chi connectivity index (χ4v) is 4.62. The summed E-state index contributed by atoms with van der Waals surface area (Å²) in [5.41, 5.74) is 0.638. The van der Waals surface area contributed by atoms with Crippen molar-refractivity contribution in [2.24, 2.45) is 0 Å². The van der Waals surface area contributed by atoms with E-state index in [1.807, 2.05) is 24.3 Å². The quantitative estimate of drug-likeness (QED) is 0.569. The molecule has 0 unspecified atom stereocenters. The minimum Gasteiger partial charge on any atom is -0.497 e. The molecule has 10 heteroatoms. The summed E-state index contributed by atoms with van der Waals surface area (Å²) in [5, 5.41) is 30.8. The van der Waals surface area contributed by atoms with Gasteiger partial charge in [-0.2, -0.15) is 0 Å². The zero-order chi connectivity index (χ0) is 24.5. The highest BCUT2D eigenvalue weighted by atomic mass is 35.5. The number of anilines is 1. The number of nitrogens with zero attached hydrogens (tertiary/aromatic N) is 2. The minimum atomic E-state index is -1.59. The lowest BCUT2D eigenvalue weighted by atomic mass is 9.89. The summed E-state index contributed by atoms with van der Waals surface area (Å²) in [5.74, 6) is 1.13. The number of benzene rings is 2. The van der Waals surface area contributed by atoms with Crippen LogP contribution in [0.25, 0.3) is 0 Å². The molecule has 0 saturated carbocycles. The lowest BCUT2D eigenvalue weighted by molar-refractivity contribution is -0.132. The van der Waals surface area contributed by atoms with Gasteiger partial charge in [0.05, 0.1) is 30.9 Å². The molecule has 2 amide bonds. The number of carbonyl (C=O) groups excluding carboxylic acids is 1. The number of aliphatic hydroxyl groups excluding tert-OH is 1. The first-order valence-corrected chi connectivity index (χ1v) is 11.4. The largest absolute Gasteiger partial charge is 0.497 e. The molecule has 182 valence electrons. The van der Waals surface area contributed by atoms with Crippen LogP contribution in [-0.4, -0.2) is 70.7 Å². The summed E-state index contributed by atoms with van der Waals surface area (Å²) < 4.78 is 11.1. The van der Waals surface area contributed by atoms with Gasteiger partial charge >= 0.3 is 6.09 Å². The van der Waals surface area contributed by atoms with Gasteiger partial charge in [-0.05, 0) is 42.7 Å². The number of ether oxygens (including phenoxy) is 2. The number of likely N-dealkylation sites (tertiary alicyclic amines) is 1. The first-order valence-electron chi connectivity index (χ1n) is 11.0. The van der Waals surface area contributed by atoms with E-state index < -0.39 is 17.8 Å². The van der Waals surface area contributed by atoms with Crippen LogP contribution in [0.15, 0.2) is 36.4 Å². The molecular weight excluding hydrogens is 464 g/mol. The van der Waals surface area contributed by atoms with Crippen LogP contribution in [0, 0.1) is 0 Å². The SMILES string of the molecule is COc1ccc(CN2C(=O)CCc3c(OC[C@]4(O)CCN(C(=O)O)C[C@H]4O)ccc(Cl)c32)cc1. The predicted molar refractivity (Wildman–Crippen MR) is 125 cm³/mol. The number of piperidine rings is 1. The van der Waals surface area contributed by atoms with Crippen LogP contribution in [0.2, 0.25) is 5.02 Å². The number of β-amino-alcohol motifs (C(OH)–C–C–N with tert-alkyl or cyclic N) is 1. The van der Waals surface area contributed by atoms with Gasteiger partial charge in [0, 0.05) is 18.5 Å². The topological polar surface area (TPSA) is 120 Å². The number of methoxy groups -OCH3 is 1. The van der Waals surface area contributed by atoms with Crippen molar-refractivity contribution in [3.63, 3.8) is 0 Å². The van der Waals surface area contributed by atoms with Crippen molar-refractivity contribution in [2.45, 2.75) is 37.5 Å². The molecule has 2 atom stereocenters. The Hall–Kier alpha value is -3.01. The highest BCUT2D eigenvalue weighted by molar-refractivity contribution is 6.34. The van der Waals surface area contributed by atoms with Crippen molar-refractivity contribution >= 4 is 29.3 Å². The molecule has 2 aromatic carbocycles. The average Bonchev–Trinajstić information content (AvgIpc) is 2.82. The van der Waals surface area contributed by atoms with Gasteiger partial charge in [0.25, 0.3) is 0 Å². The van der Waals surface area contributed by atoms with Gasteiger partial charge in [0.2, 0.25) is 5.91 Å². The number of aliphatic hydroxyl groups is 2. The van der Waals surface area contributed by atoms with E-state index in [4.69, 9.17) is 26.2 Å². The number of carbonyl (C=O) groups is 2. The van der Waals surface area contributed by atoms with Gasteiger partial charge in [-0.3, -0.25) is 4.79 Å². The maximum absolute atomic E-state index is 12.8. The smallest absolute Gasteiger partial charge is 0.407 e. The summed E-state index contributed by atoms with van der Waals surface area (Å²) in [6.07, 6.45) is -1.68. The molecule has 1 saturated heterocycles. The van der Waals surface area contributed by atoms with E-state index in [-0.39, 0.29) is 38.4 Å². The van der Waals surface area contributed by atoms with E-state index in [0.717, 1.165) is 21.8 Å². The Morgan fingerprint density at radius 1 is 1.21 bits per heavy atom. The molecule has 2 aliphatic rings. The first kappa shape index (κ1) is 24.1. The molecule has 0 bridgehead atoms. The maximum atomic E-state index is 12.8. The highest BCUT2D eigenvalue weighted by Gasteiger charge is 2.43. The van der Waals surface area contributed by atoms with E-state index in [2.05, 4.69) is 0 Å². The number of hydrogen-bond donors (Lipinski definition) is 3. The number of amides is 2. The summed E-state index contributed by atoms with van der Waals surface area (Å²) in [4.78, 5) is 26.7. The second kappa shape index (κ2) is 9.69. The van der Waals surface area contributed by atoms with Gasteiger partial charge in [-0.25, -0.2) is 4.79 Å². The van der Waals surface area contributed by atoms with Gasteiger partial charge < -0.3 is 34.6 Å². The van der Waals surface area contributed by atoms with Crippen molar-refractivity contribution in [1.29, 1.82) is 0 Å². The number of rotatable bonds is 6. The Morgan fingerprint density at radius 3 is 2.59 bits per heavy atom. The number of hydrogen-bond acceptors (Lipinski definition) is 6. The van der Waals surface area contributed by atoms with Crippen molar-refractivity contribution in [3.8, 4) is 11.5 Å². The van der Waals surface area contributed by atoms with Crippen molar-refractivity contribution in [3.05, 3.63) is 52.5 Å². The Balaban J connectivity index is 1.55. The Morgan fingerprint density at radius 2 is 1.94 bits per heavy atom. The van der Waals surface area contributed by atoms with E-state index in [1.54, 1.807) is 24.1 Å². The zero-order valence-corrected chi connectivity index (χ0v) is 19.5. The van der Waals surface area contributed by atoms with Crippen LogP contribution in [-0.2, 0) is 17.8 Å². The maximum Gasteiger partial charge on any atom is 0.407 e. The highest BCUT2D eigenvalue weighted by Crippen LogP contribution is 2.41. The zero-order valence-electron chi connectivity index (χ0n) is 18.7. The normalized spacial score (nSPS) is 22.4. The lowest BCUT2D eigenvalue weighted by Gasteiger charge is -2.41. The van der Waals surface area contributed by atoms with Crippen LogP contribution in [0.5, 0.6) is 11.5 Å². The average molecular weight is 491 g/mol. The number of carboxylic acid groups (broad SMARTS) is 1. The predicted octanol–water partition coefficient (Wildman–Crippen LogP) is 2.68. The van der Waals surface area contributed by atoms with Crippen LogP contribution >= 0.6 is 11.6 Å². The van der Waals surface area contributed by atoms with Crippen molar-refractivity contribution < 1.29 is 34.4 Å². The van der Waals surface area contributed by atoms with Crippen LogP contribution < -0.4 is 14.4 Å². The molecule has 3 N–H and O–H groups in total. The van der Waals surface area contributed by atoms with E-state index >= 15 is 0 Å². The molecule has 4 rings (SSSR count). The third-order valence-corrected chi connectivity index (χ3v) is 6.73. The Bertz CT molecular complexity index is 1080. The molecule has 2 heterocycles. The third kappa shape index (κ3) is 4.77. The molecule has 2 aromatic rings. The van der Waals surface area contributed by atoms with Gasteiger partial charge in [-0.1, -0.05) is 23.7 Å². The minimum absolute atomic E-state index is 0.0400. The van der Waals surface area contributed by atoms with Gasteiger partial charge in [0.15, 0.2) is 0 Å². The van der Waals surface area contributed by atoms with Crippen molar-refractivity contribution in [2.75, 3.05) is 31.7 Å². The lowest BCUT2D eigenvalue weighted by Crippen LogP contribution is -2.59. The fraction of sp³-hybridized carbons (Fsp3) is 0.417. The summed E-state index contributed by atoms with van der Waals surface area (Å²) in [6, 6.07) is 10.7. The van der Waals surface area contributed by atoms with Crippen molar-refractivity contribution in [1.82, 2.24) is 4.90 Å². The number of halogens is 1. The van der Waals surface area contributed by atoms with Crippen LogP contribution in [0.1, 0.15) is 24.0 Å². The standard InChI is InChI=1S/C24H27ClN2O7/c1-33-16-4-2-15(3-5-16)12-27-21(29)9-6-17-19(8-7-18(25)22(17)27)34-14-24(32)10-11-26(23(30)31)13-20(24)28/h2-5,7-8,20,28,32H,6,9-14H2,1H3,(H,30,31)/t20-,24-/m1/s1. The monoisotopic (exact) mass is 490 g/mol. The van der Waals surface area contributed by atoms with Gasteiger partial charge in [-0.15, -0.1) is 0 Å². The van der Waals surface area contributed by atoms with Gasteiger partial charge in [0.1, 0.15) is 29.8 Å². The number of fused-ring (bicyclic) bond motifs is 1. The molecule has 9 nitrogen and oxygen atoms in total. The second-order valence-corrected chi connectivity index (χ2v) is 8.99. The summed E-state index contributed by atoms with van der Waals surface area (Å²) in [6.45, 7) is 0.00196.